The number of aliphatic imine (C=N–C) groups is 1. The summed E-state index contributed by atoms with van der Waals surface area (Å²) in [6.07, 6.45) is 2.90. The molecular formula is C21H28F2N4S. The monoisotopic (exact) mass is 406 g/mol. The first-order valence-electron chi connectivity index (χ1n) is 9.70. The van der Waals surface area contributed by atoms with Gasteiger partial charge < -0.3 is 10.6 Å². The van der Waals surface area contributed by atoms with Gasteiger partial charge in [0, 0.05) is 37.1 Å². The summed E-state index contributed by atoms with van der Waals surface area (Å²) in [5, 5.41) is 8.81. The second-order valence-corrected chi connectivity index (χ2v) is 8.23. The van der Waals surface area contributed by atoms with E-state index >= 15 is 0 Å². The smallest absolute Gasteiger partial charge is 0.190 e. The quantitative estimate of drug-likeness (QED) is 0.566. The van der Waals surface area contributed by atoms with Crippen LogP contribution < -0.4 is 10.6 Å². The van der Waals surface area contributed by atoms with E-state index in [9.17, 15) is 8.78 Å². The van der Waals surface area contributed by atoms with E-state index in [1.54, 1.807) is 7.05 Å². The molecule has 2 heterocycles. The van der Waals surface area contributed by atoms with Crippen LogP contribution in [0.2, 0.25) is 0 Å². The van der Waals surface area contributed by atoms with Crippen molar-refractivity contribution >= 4 is 17.3 Å². The average molecular weight is 407 g/mol. The van der Waals surface area contributed by atoms with Crippen LogP contribution in [0.5, 0.6) is 0 Å². The van der Waals surface area contributed by atoms with Gasteiger partial charge in [0.15, 0.2) is 5.96 Å². The molecule has 1 saturated heterocycles. The SMILES string of the molecule is CN=C(NCCc1cc(F)cc(F)c1)NCC1CCCN(C)C1c1cccs1. The van der Waals surface area contributed by atoms with Crippen molar-refractivity contribution in [3.8, 4) is 0 Å². The molecule has 0 aliphatic carbocycles. The van der Waals surface area contributed by atoms with E-state index in [1.165, 1.54) is 29.9 Å². The zero-order valence-corrected chi connectivity index (χ0v) is 17.2. The predicted molar refractivity (Wildman–Crippen MR) is 112 cm³/mol. The molecular weight excluding hydrogens is 378 g/mol. The lowest BCUT2D eigenvalue weighted by molar-refractivity contribution is 0.125. The Labute approximate surface area is 169 Å². The molecule has 2 N–H and O–H groups in total. The van der Waals surface area contributed by atoms with Gasteiger partial charge in [-0.2, -0.15) is 0 Å². The van der Waals surface area contributed by atoms with E-state index in [-0.39, 0.29) is 0 Å². The third-order valence-corrected chi connectivity index (χ3v) is 6.17. The van der Waals surface area contributed by atoms with Crippen molar-refractivity contribution in [3.05, 3.63) is 57.8 Å². The summed E-state index contributed by atoms with van der Waals surface area (Å²) in [4.78, 5) is 8.13. The van der Waals surface area contributed by atoms with Crippen LogP contribution in [0.15, 0.2) is 40.7 Å². The van der Waals surface area contributed by atoms with Gasteiger partial charge in [0.1, 0.15) is 11.6 Å². The summed E-state index contributed by atoms with van der Waals surface area (Å²) in [7, 11) is 3.93. The summed E-state index contributed by atoms with van der Waals surface area (Å²) in [6.45, 7) is 2.51. The number of hydrogen-bond donors (Lipinski definition) is 2. The maximum atomic E-state index is 13.3. The Hall–Kier alpha value is -1.99. The Balaban J connectivity index is 1.51. The fraction of sp³-hybridized carbons (Fsp3) is 0.476. The minimum atomic E-state index is -0.543. The fourth-order valence-corrected chi connectivity index (χ4v) is 4.89. The first kappa shape index (κ1) is 20.7. The van der Waals surface area contributed by atoms with Crippen LogP contribution in [0.1, 0.15) is 29.3 Å². The van der Waals surface area contributed by atoms with Crippen LogP contribution >= 0.6 is 11.3 Å². The molecule has 0 spiro atoms. The van der Waals surface area contributed by atoms with Gasteiger partial charge in [-0.1, -0.05) is 6.07 Å². The molecule has 0 saturated carbocycles. The highest BCUT2D eigenvalue weighted by Crippen LogP contribution is 2.36. The number of thiophene rings is 1. The molecule has 1 aromatic carbocycles. The minimum absolute atomic E-state index is 0.426. The number of hydrogen-bond acceptors (Lipinski definition) is 3. The molecule has 2 atom stereocenters. The van der Waals surface area contributed by atoms with Crippen molar-refractivity contribution in [2.24, 2.45) is 10.9 Å². The Morgan fingerprint density at radius 1 is 1.25 bits per heavy atom. The number of halogens is 2. The number of rotatable bonds is 6. The van der Waals surface area contributed by atoms with Gasteiger partial charge in [0.25, 0.3) is 0 Å². The molecule has 2 unspecified atom stereocenters. The summed E-state index contributed by atoms with van der Waals surface area (Å²) in [5.74, 6) is 0.139. The summed E-state index contributed by atoms with van der Waals surface area (Å²) >= 11 is 1.81. The molecule has 3 rings (SSSR count). The minimum Gasteiger partial charge on any atom is -0.356 e. The van der Waals surface area contributed by atoms with Gasteiger partial charge in [-0.15, -0.1) is 11.3 Å². The van der Waals surface area contributed by atoms with Crippen molar-refractivity contribution in [2.75, 3.05) is 33.7 Å². The lowest BCUT2D eigenvalue weighted by Crippen LogP contribution is -2.45. The second kappa shape index (κ2) is 9.98. The van der Waals surface area contributed by atoms with Crippen LogP contribution in [-0.4, -0.2) is 44.6 Å². The molecule has 1 aromatic heterocycles. The van der Waals surface area contributed by atoms with Crippen molar-refractivity contribution in [1.29, 1.82) is 0 Å². The normalized spacial score (nSPS) is 20.9. The van der Waals surface area contributed by atoms with E-state index in [0.29, 0.717) is 30.5 Å². The highest BCUT2D eigenvalue weighted by Gasteiger charge is 2.31. The fourth-order valence-electron chi connectivity index (χ4n) is 3.91. The van der Waals surface area contributed by atoms with Crippen LogP contribution in [0.25, 0.3) is 0 Å². The van der Waals surface area contributed by atoms with Crippen molar-refractivity contribution in [1.82, 2.24) is 15.5 Å². The Kier molecular flexibility index (Phi) is 7.39. The lowest BCUT2D eigenvalue weighted by Gasteiger charge is -2.39. The van der Waals surface area contributed by atoms with Gasteiger partial charge >= 0.3 is 0 Å². The molecule has 2 aromatic rings. The molecule has 7 heteroatoms. The molecule has 0 radical (unpaired) electrons. The lowest BCUT2D eigenvalue weighted by atomic mass is 9.88. The van der Waals surface area contributed by atoms with Gasteiger partial charge in [0.2, 0.25) is 0 Å². The van der Waals surface area contributed by atoms with Crippen LogP contribution in [0, 0.1) is 17.6 Å². The number of benzene rings is 1. The zero-order chi connectivity index (χ0) is 19.9. The maximum absolute atomic E-state index is 13.3. The van der Waals surface area contributed by atoms with Crippen LogP contribution in [0.4, 0.5) is 8.78 Å². The van der Waals surface area contributed by atoms with E-state index in [4.69, 9.17) is 0 Å². The summed E-state index contributed by atoms with van der Waals surface area (Å²) in [6, 6.07) is 8.38. The molecule has 0 bridgehead atoms. The van der Waals surface area contributed by atoms with E-state index in [2.05, 4.69) is 45.1 Å². The maximum Gasteiger partial charge on any atom is 0.190 e. The number of nitrogens with one attached hydrogen (secondary N) is 2. The predicted octanol–water partition coefficient (Wildman–Crippen LogP) is 3.82. The topological polar surface area (TPSA) is 39.7 Å². The van der Waals surface area contributed by atoms with Gasteiger partial charge in [0.05, 0.1) is 0 Å². The highest BCUT2D eigenvalue weighted by molar-refractivity contribution is 7.10. The van der Waals surface area contributed by atoms with Crippen LogP contribution in [0.3, 0.4) is 0 Å². The molecule has 152 valence electrons. The molecule has 1 aliphatic heterocycles. The number of guanidine groups is 1. The van der Waals surface area contributed by atoms with Gasteiger partial charge in [-0.3, -0.25) is 9.89 Å². The largest absolute Gasteiger partial charge is 0.356 e. The van der Waals surface area contributed by atoms with Crippen molar-refractivity contribution < 1.29 is 8.78 Å². The average Bonchev–Trinajstić information content (AvgIpc) is 3.18. The molecule has 1 aliphatic rings. The number of nitrogens with zero attached hydrogens (tertiary/aromatic N) is 2. The molecule has 28 heavy (non-hydrogen) atoms. The zero-order valence-electron chi connectivity index (χ0n) is 16.4. The van der Waals surface area contributed by atoms with E-state index in [1.807, 2.05) is 11.3 Å². The molecule has 0 amide bonds. The Bertz CT molecular complexity index is 758. The first-order chi connectivity index (χ1) is 13.6. The first-order valence-corrected chi connectivity index (χ1v) is 10.6. The van der Waals surface area contributed by atoms with E-state index < -0.39 is 11.6 Å². The highest BCUT2D eigenvalue weighted by atomic mass is 32.1. The third-order valence-electron chi connectivity index (χ3n) is 5.23. The third kappa shape index (κ3) is 5.52. The molecule has 1 fully saturated rings. The van der Waals surface area contributed by atoms with Gasteiger partial charge in [-0.25, -0.2) is 8.78 Å². The Morgan fingerprint density at radius 2 is 2.04 bits per heavy atom. The van der Waals surface area contributed by atoms with Crippen molar-refractivity contribution in [3.63, 3.8) is 0 Å². The molecule has 4 nitrogen and oxygen atoms in total. The Morgan fingerprint density at radius 3 is 2.71 bits per heavy atom. The number of likely N-dealkylation sites (tertiary alicyclic amines) is 1. The standard InChI is InChI=1S/C21H28F2N4S/c1-24-21(25-8-7-15-11-17(22)13-18(23)12-15)26-14-16-5-3-9-27(2)20(16)19-6-4-10-28-19/h4,6,10-13,16,20H,3,5,7-9,14H2,1-2H3,(H2,24,25,26). The van der Waals surface area contributed by atoms with Gasteiger partial charge in [-0.05, 0) is 67.9 Å². The second-order valence-electron chi connectivity index (χ2n) is 7.25. The number of piperidine rings is 1. The van der Waals surface area contributed by atoms with Crippen molar-refractivity contribution in [2.45, 2.75) is 25.3 Å². The van der Waals surface area contributed by atoms with E-state index in [0.717, 1.165) is 25.1 Å². The summed E-state index contributed by atoms with van der Waals surface area (Å²) < 4.78 is 26.6. The summed E-state index contributed by atoms with van der Waals surface area (Å²) in [5.41, 5.74) is 0.632. The van der Waals surface area contributed by atoms with Crippen LogP contribution in [-0.2, 0) is 6.42 Å².